The fourth-order valence-electron chi connectivity index (χ4n) is 2.70. The molecule has 1 heterocycles. The van der Waals surface area contributed by atoms with Crippen molar-refractivity contribution in [3.63, 3.8) is 0 Å². The zero-order valence-electron chi connectivity index (χ0n) is 10.9. The molecule has 0 aromatic heterocycles. The summed E-state index contributed by atoms with van der Waals surface area (Å²) in [5, 5.41) is 8.88. The van der Waals surface area contributed by atoms with E-state index in [4.69, 9.17) is 11.0 Å². The Morgan fingerprint density at radius 2 is 2.15 bits per heavy atom. The van der Waals surface area contributed by atoms with Gasteiger partial charge in [0.1, 0.15) is 11.9 Å². The van der Waals surface area contributed by atoms with Crippen LogP contribution in [-0.2, 0) is 13.0 Å². The van der Waals surface area contributed by atoms with E-state index >= 15 is 0 Å². The number of para-hydroxylation sites is 1. The van der Waals surface area contributed by atoms with Gasteiger partial charge < -0.3 is 10.6 Å². The lowest BCUT2D eigenvalue weighted by Crippen LogP contribution is -2.20. The predicted octanol–water partition coefficient (Wildman–Crippen LogP) is 2.84. The Kier molecular flexibility index (Phi) is 3.03. The van der Waals surface area contributed by atoms with Gasteiger partial charge in [0.05, 0.1) is 16.9 Å². The topological polar surface area (TPSA) is 53.0 Å². The molecule has 0 radical (unpaired) electrons. The molecule has 0 saturated carbocycles. The Labute approximate surface area is 117 Å². The lowest BCUT2D eigenvalue weighted by atomic mass is 10.1. The minimum Gasteiger partial charge on any atom is -0.397 e. The molecule has 3 nitrogen and oxygen atoms in total. The SMILES string of the molecule is N#Cc1cc(CN2CCc3cccc(N)c32)ccc1F. The van der Waals surface area contributed by atoms with Crippen LogP contribution in [0.3, 0.4) is 0 Å². The number of nitrogen functional groups attached to an aromatic ring is 1. The van der Waals surface area contributed by atoms with Crippen molar-refractivity contribution in [2.75, 3.05) is 17.2 Å². The van der Waals surface area contributed by atoms with Crippen molar-refractivity contribution in [1.29, 1.82) is 5.26 Å². The van der Waals surface area contributed by atoms with Crippen molar-refractivity contribution >= 4 is 11.4 Å². The van der Waals surface area contributed by atoms with Crippen molar-refractivity contribution in [3.8, 4) is 6.07 Å². The quantitative estimate of drug-likeness (QED) is 0.851. The van der Waals surface area contributed by atoms with Crippen LogP contribution >= 0.6 is 0 Å². The maximum atomic E-state index is 13.3. The predicted molar refractivity (Wildman–Crippen MR) is 76.7 cm³/mol. The van der Waals surface area contributed by atoms with E-state index in [2.05, 4.69) is 11.0 Å². The summed E-state index contributed by atoms with van der Waals surface area (Å²) in [6.45, 7) is 1.53. The Bertz CT molecular complexity index is 703. The Morgan fingerprint density at radius 3 is 2.95 bits per heavy atom. The van der Waals surface area contributed by atoms with Gasteiger partial charge in [0.2, 0.25) is 0 Å². The molecule has 0 spiro atoms. The van der Waals surface area contributed by atoms with Crippen LogP contribution in [0, 0.1) is 17.1 Å². The van der Waals surface area contributed by atoms with Crippen molar-refractivity contribution in [2.45, 2.75) is 13.0 Å². The second-order valence-corrected chi connectivity index (χ2v) is 4.95. The minimum absolute atomic E-state index is 0.0861. The van der Waals surface area contributed by atoms with Gasteiger partial charge in [0.15, 0.2) is 0 Å². The van der Waals surface area contributed by atoms with Crippen molar-refractivity contribution in [2.24, 2.45) is 0 Å². The molecule has 0 unspecified atom stereocenters. The van der Waals surface area contributed by atoms with Crippen LogP contribution in [0.4, 0.5) is 15.8 Å². The van der Waals surface area contributed by atoms with E-state index < -0.39 is 5.82 Å². The standard InChI is InChI=1S/C16H14FN3/c17-14-5-4-11(8-13(14)9-18)10-20-7-6-12-2-1-3-15(19)16(12)20/h1-5,8H,6-7,10,19H2. The van der Waals surface area contributed by atoms with E-state index in [9.17, 15) is 4.39 Å². The third-order valence-corrected chi connectivity index (χ3v) is 3.64. The third-order valence-electron chi connectivity index (χ3n) is 3.64. The molecule has 0 fully saturated rings. The molecule has 0 atom stereocenters. The molecule has 100 valence electrons. The van der Waals surface area contributed by atoms with Crippen LogP contribution in [0.15, 0.2) is 36.4 Å². The fraction of sp³-hybridized carbons (Fsp3) is 0.188. The number of fused-ring (bicyclic) bond motifs is 1. The van der Waals surface area contributed by atoms with E-state index in [-0.39, 0.29) is 5.56 Å². The van der Waals surface area contributed by atoms with E-state index in [1.807, 2.05) is 18.2 Å². The molecule has 0 bridgehead atoms. The molecule has 0 amide bonds. The smallest absolute Gasteiger partial charge is 0.140 e. The number of rotatable bonds is 2. The van der Waals surface area contributed by atoms with E-state index in [0.717, 1.165) is 29.9 Å². The highest BCUT2D eigenvalue weighted by atomic mass is 19.1. The molecule has 20 heavy (non-hydrogen) atoms. The monoisotopic (exact) mass is 267 g/mol. The molecular formula is C16H14FN3. The zero-order valence-corrected chi connectivity index (χ0v) is 10.9. The number of hydrogen-bond acceptors (Lipinski definition) is 3. The second kappa shape index (κ2) is 4.86. The number of halogens is 1. The van der Waals surface area contributed by atoms with Crippen LogP contribution in [0.25, 0.3) is 0 Å². The van der Waals surface area contributed by atoms with Crippen molar-refractivity contribution in [1.82, 2.24) is 0 Å². The lowest BCUT2D eigenvalue weighted by Gasteiger charge is -2.21. The largest absolute Gasteiger partial charge is 0.397 e. The number of nitriles is 1. The Balaban J connectivity index is 1.90. The highest BCUT2D eigenvalue weighted by Crippen LogP contribution is 2.34. The van der Waals surface area contributed by atoms with Gasteiger partial charge in [-0.1, -0.05) is 18.2 Å². The van der Waals surface area contributed by atoms with Crippen LogP contribution < -0.4 is 10.6 Å². The van der Waals surface area contributed by atoms with Gasteiger partial charge in [-0.15, -0.1) is 0 Å². The van der Waals surface area contributed by atoms with Crippen LogP contribution in [-0.4, -0.2) is 6.54 Å². The summed E-state index contributed by atoms with van der Waals surface area (Å²) in [6, 6.07) is 12.5. The summed E-state index contributed by atoms with van der Waals surface area (Å²) < 4.78 is 13.3. The second-order valence-electron chi connectivity index (χ2n) is 4.95. The number of benzene rings is 2. The molecule has 0 saturated heterocycles. The average molecular weight is 267 g/mol. The molecule has 0 aliphatic carbocycles. The molecular weight excluding hydrogens is 253 g/mol. The van der Waals surface area contributed by atoms with Gasteiger partial charge in [0.25, 0.3) is 0 Å². The highest BCUT2D eigenvalue weighted by Gasteiger charge is 2.21. The summed E-state index contributed by atoms with van der Waals surface area (Å²) in [5.74, 6) is -0.474. The number of anilines is 2. The molecule has 1 aliphatic rings. The zero-order chi connectivity index (χ0) is 14.1. The van der Waals surface area contributed by atoms with E-state index in [1.165, 1.54) is 11.6 Å². The molecule has 2 N–H and O–H groups in total. The summed E-state index contributed by atoms with van der Waals surface area (Å²) in [4.78, 5) is 2.18. The summed E-state index contributed by atoms with van der Waals surface area (Å²) in [5.41, 5.74) is 10.1. The minimum atomic E-state index is -0.474. The average Bonchev–Trinajstić information content (AvgIpc) is 2.85. The first kappa shape index (κ1) is 12.5. The van der Waals surface area contributed by atoms with Gasteiger partial charge in [0, 0.05) is 13.1 Å². The summed E-state index contributed by atoms with van der Waals surface area (Å²) >= 11 is 0. The summed E-state index contributed by atoms with van der Waals surface area (Å²) in [6.07, 6.45) is 0.965. The maximum Gasteiger partial charge on any atom is 0.140 e. The number of nitrogens with two attached hydrogens (primary N) is 1. The molecule has 4 heteroatoms. The summed E-state index contributed by atoms with van der Waals surface area (Å²) in [7, 11) is 0. The third kappa shape index (κ3) is 2.08. The Hall–Kier alpha value is -2.54. The van der Waals surface area contributed by atoms with E-state index in [1.54, 1.807) is 12.1 Å². The first-order chi connectivity index (χ1) is 9.69. The molecule has 1 aliphatic heterocycles. The molecule has 2 aromatic rings. The van der Waals surface area contributed by atoms with Crippen molar-refractivity contribution < 1.29 is 4.39 Å². The van der Waals surface area contributed by atoms with Gasteiger partial charge in [-0.3, -0.25) is 0 Å². The highest BCUT2D eigenvalue weighted by molar-refractivity contribution is 5.74. The van der Waals surface area contributed by atoms with Gasteiger partial charge in [-0.25, -0.2) is 4.39 Å². The van der Waals surface area contributed by atoms with Gasteiger partial charge in [-0.2, -0.15) is 5.26 Å². The van der Waals surface area contributed by atoms with E-state index in [0.29, 0.717) is 6.54 Å². The van der Waals surface area contributed by atoms with Crippen molar-refractivity contribution in [3.05, 3.63) is 58.9 Å². The normalized spacial score (nSPS) is 13.1. The maximum absolute atomic E-state index is 13.3. The molecule has 3 rings (SSSR count). The van der Waals surface area contributed by atoms with Gasteiger partial charge >= 0.3 is 0 Å². The van der Waals surface area contributed by atoms with Crippen LogP contribution in [0.2, 0.25) is 0 Å². The van der Waals surface area contributed by atoms with Crippen LogP contribution in [0.1, 0.15) is 16.7 Å². The fourth-order valence-corrected chi connectivity index (χ4v) is 2.70. The molecule has 2 aromatic carbocycles. The first-order valence-corrected chi connectivity index (χ1v) is 6.50. The first-order valence-electron chi connectivity index (χ1n) is 6.50. The Morgan fingerprint density at radius 1 is 1.30 bits per heavy atom. The van der Waals surface area contributed by atoms with Gasteiger partial charge in [-0.05, 0) is 35.7 Å². The van der Waals surface area contributed by atoms with Crippen LogP contribution in [0.5, 0.6) is 0 Å². The number of nitrogens with zero attached hydrogens (tertiary/aromatic N) is 2. The lowest BCUT2D eigenvalue weighted by molar-refractivity contribution is 0.622. The number of hydrogen-bond donors (Lipinski definition) is 1.